The van der Waals surface area contributed by atoms with Crippen LogP contribution in [0.5, 0.6) is 0 Å². The van der Waals surface area contributed by atoms with Crippen molar-refractivity contribution in [2.75, 3.05) is 31.6 Å². The smallest absolute Gasteiger partial charge is 0.0656 e. The number of benzene rings is 1. The first kappa shape index (κ1) is 13.7. The molecular weight excluding hydrogens is 367 g/mol. The highest BCUT2D eigenvalue weighted by Crippen LogP contribution is 2.39. The maximum absolute atomic E-state index is 6.02. The van der Waals surface area contributed by atoms with Crippen molar-refractivity contribution in [1.29, 1.82) is 0 Å². The number of nitrogens with one attached hydrogen (secondary N) is 1. The third-order valence-corrected chi connectivity index (χ3v) is 4.50. The van der Waals surface area contributed by atoms with Gasteiger partial charge in [0.1, 0.15) is 0 Å². The summed E-state index contributed by atoms with van der Waals surface area (Å²) in [6.07, 6.45) is 1.24. The van der Waals surface area contributed by atoms with E-state index in [0.29, 0.717) is 0 Å². The molecule has 0 amide bonds. The standard InChI is InChI=1S/C12H15Br2ClN2/c1-16-6-8-2-3-17(7-8)12-10(13)4-9(15)5-11(12)14/h4-5,8,16H,2-3,6-7H2,1H3. The van der Waals surface area contributed by atoms with Crippen LogP contribution in [0.1, 0.15) is 6.42 Å². The minimum absolute atomic E-state index is 0.731. The number of hydrogen-bond acceptors (Lipinski definition) is 2. The van der Waals surface area contributed by atoms with Crippen molar-refractivity contribution in [3.63, 3.8) is 0 Å². The lowest BCUT2D eigenvalue weighted by Crippen LogP contribution is -2.24. The number of hydrogen-bond donors (Lipinski definition) is 1. The fraction of sp³-hybridized carbons (Fsp3) is 0.500. The summed E-state index contributed by atoms with van der Waals surface area (Å²) in [5.74, 6) is 0.731. The van der Waals surface area contributed by atoms with Crippen LogP contribution in [0.15, 0.2) is 21.1 Å². The quantitative estimate of drug-likeness (QED) is 0.853. The van der Waals surface area contributed by atoms with Gasteiger partial charge in [-0.05, 0) is 69.9 Å². The monoisotopic (exact) mass is 380 g/mol. The largest absolute Gasteiger partial charge is 0.369 e. The Bertz CT molecular complexity index is 388. The molecule has 1 N–H and O–H groups in total. The molecule has 0 bridgehead atoms. The summed E-state index contributed by atoms with van der Waals surface area (Å²) in [7, 11) is 2.01. The lowest BCUT2D eigenvalue weighted by molar-refractivity contribution is 0.549. The predicted molar refractivity (Wildman–Crippen MR) is 81.1 cm³/mol. The van der Waals surface area contributed by atoms with Crippen molar-refractivity contribution in [3.05, 3.63) is 26.1 Å². The Morgan fingerprint density at radius 2 is 2.06 bits per heavy atom. The van der Waals surface area contributed by atoms with Crippen molar-refractivity contribution < 1.29 is 0 Å². The highest BCUT2D eigenvalue weighted by Gasteiger charge is 2.25. The van der Waals surface area contributed by atoms with E-state index in [1.165, 1.54) is 12.1 Å². The van der Waals surface area contributed by atoms with Crippen molar-refractivity contribution >= 4 is 49.1 Å². The van der Waals surface area contributed by atoms with E-state index in [-0.39, 0.29) is 0 Å². The topological polar surface area (TPSA) is 15.3 Å². The highest BCUT2D eigenvalue weighted by molar-refractivity contribution is 9.11. The zero-order chi connectivity index (χ0) is 12.4. The van der Waals surface area contributed by atoms with Gasteiger partial charge in [-0.15, -0.1) is 0 Å². The van der Waals surface area contributed by atoms with Gasteiger partial charge < -0.3 is 10.2 Å². The molecule has 2 rings (SSSR count). The van der Waals surface area contributed by atoms with E-state index in [4.69, 9.17) is 11.6 Å². The second kappa shape index (κ2) is 5.91. The van der Waals surface area contributed by atoms with E-state index in [9.17, 15) is 0 Å². The summed E-state index contributed by atoms with van der Waals surface area (Å²) in [6.45, 7) is 3.28. The third-order valence-electron chi connectivity index (χ3n) is 3.08. The van der Waals surface area contributed by atoms with Crippen LogP contribution in [-0.4, -0.2) is 26.7 Å². The number of halogens is 3. The Balaban J connectivity index is 2.19. The van der Waals surface area contributed by atoms with Gasteiger partial charge >= 0.3 is 0 Å². The lowest BCUT2D eigenvalue weighted by Gasteiger charge is -2.22. The number of rotatable bonds is 3. The van der Waals surface area contributed by atoms with Crippen LogP contribution in [0, 0.1) is 5.92 Å². The van der Waals surface area contributed by atoms with Crippen LogP contribution in [0.4, 0.5) is 5.69 Å². The molecule has 5 heteroatoms. The Kier molecular flexibility index (Phi) is 4.75. The van der Waals surface area contributed by atoms with E-state index in [1.807, 2.05) is 19.2 Å². The lowest BCUT2D eigenvalue weighted by atomic mass is 10.1. The van der Waals surface area contributed by atoms with Gasteiger partial charge in [0.05, 0.1) is 5.69 Å². The van der Waals surface area contributed by atoms with Gasteiger partial charge in [-0.2, -0.15) is 0 Å². The number of nitrogens with zero attached hydrogens (tertiary/aromatic N) is 1. The molecule has 0 spiro atoms. The van der Waals surface area contributed by atoms with Gasteiger partial charge in [-0.25, -0.2) is 0 Å². The molecule has 1 atom stereocenters. The van der Waals surface area contributed by atoms with Gasteiger partial charge in [0, 0.05) is 27.1 Å². The van der Waals surface area contributed by atoms with Crippen LogP contribution in [0.3, 0.4) is 0 Å². The normalized spacial score (nSPS) is 20.0. The SMILES string of the molecule is CNCC1CCN(c2c(Br)cc(Cl)cc2Br)C1. The summed E-state index contributed by atoms with van der Waals surface area (Å²) in [4.78, 5) is 2.41. The Hall–Kier alpha value is 0.230. The zero-order valence-electron chi connectivity index (χ0n) is 9.64. The fourth-order valence-corrected chi connectivity index (χ4v) is 4.50. The van der Waals surface area contributed by atoms with Gasteiger partial charge in [0.25, 0.3) is 0 Å². The van der Waals surface area contributed by atoms with Gasteiger partial charge in [-0.3, -0.25) is 0 Å². The van der Waals surface area contributed by atoms with Crippen molar-refractivity contribution in [1.82, 2.24) is 5.32 Å². The van der Waals surface area contributed by atoms with Crippen molar-refractivity contribution in [2.24, 2.45) is 5.92 Å². The van der Waals surface area contributed by atoms with E-state index in [1.54, 1.807) is 0 Å². The Labute approximate surface area is 124 Å². The van der Waals surface area contributed by atoms with Crippen molar-refractivity contribution in [3.8, 4) is 0 Å². The Morgan fingerprint density at radius 3 is 2.65 bits per heavy atom. The minimum atomic E-state index is 0.731. The Morgan fingerprint density at radius 1 is 1.41 bits per heavy atom. The fourth-order valence-electron chi connectivity index (χ4n) is 2.33. The minimum Gasteiger partial charge on any atom is -0.369 e. The zero-order valence-corrected chi connectivity index (χ0v) is 13.6. The average molecular weight is 383 g/mol. The number of anilines is 1. The molecule has 1 aromatic carbocycles. The molecule has 1 fully saturated rings. The molecule has 0 aromatic heterocycles. The first-order valence-electron chi connectivity index (χ1n) is 5.66. The van der Waals surface area contributed by atoms with Gasteiger partial charge in [-0.1, -0.05) is 11.6 Å². The summed E-state index contributed by atoms with van der Waals surface area (Å²) in [5, 5.41) is 4.00. The van der Waals surface area contributed by atoms with E-state index in [0.717, 1.165) is 39.5 Å². The first-order valence-corrected chi connectivity index (χ1v) is 7.62. The highest BCUT2D eigenvalue weighted by atomic mass is 79.9. The van der Waals surface area contributed by atoms with Gasteiger partial charge in [0.2, 0.25) is 0 Å². The van der Waals surface area contributed by atoms with Crippen LogP contribution >= 0.6 is 43.5 Å². The molecule has 17 heavy (non-hydrogen) atoms. The molecule has 94 valence electrons. The maximum Gasteiger partial charge on any atom is 0.0656 e. The summed E-state index contributed by atoms with van der Waals surface area (Å²) < 4.78 is 2.11. The van der Waals surface area contributed by atoms with Gasteiger partial charge in [0.15, 0.2) is 0 Å². The van der Waals surface area contributed by atoms with Crippen molar-refractivity contribution in [2.45, 2.75) is 6.42 Å². The summed E-state index contributed by atoms with van der Waals surface area (Å²) >= 11 is 13.2. The molecule has 1 aliphatic rings. The molecule has 1 saturated heterocycles. The molecule has 1 unspecified atom stereocenters. The summed E-state index contributed by atoms with van der Waals surface area (Å²) in [5.41, 5.74) is 1.22. The van der Waals surface area contributed by atoms with E-state index >= 15 is 0 Å². The van der Waals surface area contributed by atoms with Crippen LogP contribution in [0.25, 0.3) is 0 Å². The first-order chi connectivity index (χ1) is 8.11. The molecule has 0 aliphatic carbocycles. The predicted octanol–water partition coefficient (Wildman–Crippen LogP) is 3.91. The molecule has 1 aliphatic heterocycles. The third kappa shape index (κ3) is 3.16. The molecular formula is C12H15Br2ClN2. The van der Waals surface area contributed by atoms with Crippen LogP contribution < -0.4 is 10.2 Å². The van der Waals surface area contributed by atoms with Crippen LogP contribution in [-0.2, 0) is 0 Å². The second-order valence-electron chi connectivity index (χ2n) is 4.38. The average Bonchev–Trinajstić information content (AvgIpc) is 2.65. The van der Waals surface area contributed by atoms with E-state index < -0.39 is 0 Å². The summed E-state index contributed by atoms with van der Waals surface area (Å²) in [6, 6.07) is 3.90. The maximum atomic E-state index is 6.02. The van der Waals surface area contributed by atoms with Crippen LogP contribution in [0.2, 0.25) is 5.02 Å². The molecule has 2 nitrogen and oxygen atoms in total. The molecule has 1 aromatic rings. The van der Waals surface area contributed by atoms with E-state index in [2.05, 4.69) is 42.1 Å². The molecule has 0 radical (unpaired) electrons. The second-order valence-corrected chi connectivity index (χ2v) is 6.52. The molecule has 1 heterocycles. The molecule has 0 saturated carbocycles.